The summed E-state index contributed by atoms with van der Waals surface area (Å²) in [5.41, 5.74) is 0.766. The van der Waals surface area contributed by atoms with Crippen LogP contribution < -0.4 is 15.5 Å². The zero-order valence-corrected chi connectivity index (χ0v) is 20.0. The van der Waals surface area contributed by atoms with Crippen LogP contribution in [0.25, 0.3) is 22.3 Å². The van der Waals surface area contributed by atoms with Crippen molar-refractivity contribution < 1.29 is 23.8 Å². The molecule has 7 nitrogen and oxygen atoms in total. The lowest BCUT2D eigenvalue weighted by atomic mass is 9.99. The zero-order valence-electron chi connectivity index (χ0n) is 17.7. The van der Waals surface area contributed by atoms with Crippen molar-refractivity contribution in [2.45, 2.75) is 18.9 Å². The van der Waals surface area contributed by atoms with Gasteiger partial charge in [-0.1, -0.05) is 33.6 Å². The summed E-state index contributed by atoms with van der Waals surface area (Å²) in [4.78, 5) is 23.8. The van der Waals surface area contributed by atoms with E-state index in [4.69, 9.17) is 25.5 Å². The van der Waals surface area contributed by atoms with Gasteiger partial charge in [-0.05, 0) is 49.7 Å². The first kappa shape index (κ1) is 23.8. The average molecular weight is 537 g/mol. The highest BCUT2D eigenvalue weighted by molar-refractivity contribution is 9.10. The molecule has 2 unspecified atom stereocenters. The summed E-state index contributed by atoms with van der Waals surface area (Å²) in [6, 6.07) is 11.9. The van der Waals surface area contributed by atoms with Gasteiger partial charge in [-0.3, -0.25) is 9.59 Å². The first-order valence-corrected chi connectivity index (χ1v) is 11.8. The van der Waals surface area contributed by atoms with Crippen molar-refractivity contribution in [3.63, 3.8) is 0 Å². The molecular formula is C24H23BrClNO6. The Bertz CT molecular complexity index is 1210. The predicted octanol–water partition coefficient (Wildman–Crippen LogP) is 4.72. The van der Waals surface area contributed by atoms with E-state index in [1.165, 1.54) is 6.07 Å². The highest BCUT2D eigenvalue weighted by atomic mass is 79.9. The summed E-state index contributed by atoms with van der Waals surface area (Å²) in [6.45, 7) is 1.77. The van der Waals surface area contributed by atoms with E-state index in [2.05, 4.69) is 21.2 Å². The fraction of sp³-hybridized carbons (Fsp3) is 0.333. The van der Waals surface area contributed by atoms with Gasteiger partial charge in [-0.2, -0.15) is 0 Å². The Labute approximate surface area is 203 Å². The van der Waals surface area contributed by atoms with Crippen LogP contribution in [-0.4, -0.2) is 43.5 Å². The normalized spacial score (nSPS) is 18.0. The van der Waals surface area contributed by atoms with E-state index in [9.17, 15) is 14.7 Å². The number of benzene rings is 2. The van der Waals surface area contributed by atoms with Gasteiger partial charge < -0.3 is 24.3 Å². The van der Waals surface area contributed by atoms with Crippen molar-refractivity contribution in [3.05, 3.63) is 62.2 Å². The van der Waals surface area contributed by atoms with E-state index < -0.39 is 5.97 Å². The van der Waals surface area contributed by atoms with Crippen LogP contribution in [0.1, 0.15) is 12.8 Å². The van der Waals surface area contributed by atoms with Crippen LogP contribution in [0, 0.1) is 5.92 Å². The number of carboxylic acid groups (broad SMARTS) is 1. The molecule has 2 heterocycles. The molecule has 1 aliphatic rings. The topological polar surface area (TPSA) is 98.0 Å². The molecule has 0 saturated carbocycles. The number of para-hydroxylation sites is 1. The molecule has 0 bridgehead atoms. The van der Waals surface area contributed by atoms with Crippen LogP contribution in [0.3, 0.4) is 0 Å². The highest BCUT2D eigenvalue weighted by Crippen LogP contribution is 2.34. The first-order chi connectivity index (χ1) is 15.9. The number of halogens is 2. The second kappa shape index (κ2) is 10.7. The Morgan fingerprint density at radius 2 is 2.06 bits per heavy atom. The number of hydrogen-bond acceptors (Lipinski definition) is 6. The summed E-state index contributed by atoms with van der Waals surface area (Å²) in [7, 11) is 0. The lowest BCUT2D eigenvalue weighted by Gasteiger charge is -2.16. The van der Waals surface area contributed by atoms with Crippen LogP contribution in [-0.2, 0) is 9.53 Å². The van der Waals surface area contributed by atoms with Gasteiger partial charge in [0.1, 0.15) is 18.1 Å². The van der Waals surface area contributed by atoms with Gasteiger partial charge >= 0.3 is 5.97 Å². The van der Waals surface area contributed by atoms with E-state index in [0.29, 0.717) is 65.7 Å². The van der Waals surface area contributed by atoms with E-state index in [1.807, 2.05) is 6.07 Å². The third-order valence-corrected chi connectivity index (χ3v) is 6.43. The molecule has 2 N–H and O–H groups in total. The third-order valence-electron chi connectivity index (χ3n) is 5.64. The zero-order chi connectivity index (χ0) is 23.4. The van der Waals surface area contributed by atoms with E-state index in [-0.39, 0.29) is 24.0 Å². The second-order valence-corrected chi connectivity index (χ2v) is 9.10. The summed E-state index contributed by atoms with van der Waals surface area (Å²) in [5, 5.41) is 13.2. The monoisotopic (exact) mass is 535 g/mol. The minimum absolute atomic E-state index is 0.0669. The molecule has 33 heavy (non-hydrogen) atoms. The maximum absolute atomic E-state index is 12.6. The smallest absolute Gasteiger partial charge is 0.308 e. The number of ether oxygens (including phenoxy) is 2. The number of carboxylic acids is 1. The van der Waals surface area contributed by atoms with Gasteiger partial charge in [0.15, 0.2) is 11.0 Å². The van der Waals surface area contributed by atoms with Crippen molar-refractivity contribution >= 4 is 44.5 Å². The molecule has 2 atom stereocenters. The molecule has 1 aromatic heterocycles. The minimum Gasteiger partial charge on any atom is -0.490 e. The fourth-order valence-electron chi connectivity index (χ4n) is 3.98. The standard InChI is InChI=1S/C24H23BrClNO6/c25-14-4-5-17(22-13-20(28)16-2-1-3-18(26)23(16)33-22)21(12-14)32-11-10-31-9-7-19-15(24(29)30)6-8-27-19/h1-5,12-13,15,19,27H,6-11H2,(H,29,30). The molecule has 4 rings (SSSR count). The van der Waals surface area contributed by atoms with Crippen molar-refractivity contribution in [1.29, 1.82) is 0 Å². The van der Waals surface area contributed by atoms with Crippen LogP contribution in [0.5, 0.6) is 5.75 Å². The average Bonchev–Trinajstić information content (AvgIpc) is 3.26. The third kappa shape index (κ3) is 5.58. The first-order valence-electron chi connectivity index (χ1n) is 10.6. The molecule has 174 valence electrons. The molecular weight excluding hydrogens is 514 g/mol. The Balaban J connectivity index is 1.40. The second-order valence-electron chi connectivity index (χ2n) is 7.78. The molecule has 1 saturated heterocycles. The number of nitrogens with one attached hydrogen (secondary N) is 1. The summed E-state index contributed by atoms with van der Waals surface area (Å²) in [6.07, 6.45) is 1.27. The molecule has 0 amide bonds. The predicted molar refractivity (Wildman–Crippen MR) is 129 cm³/mol. The van der Waals surface area contributed by atoms with Crippen molar-refractivity contribution in [3.8, 4) is 17.1 Å². The van der Waals surface area contributed by atoms with Crippen molar-refractivity contribution in [1.82, 2.24) is 5.32 Å². The fourth-order valence-corrected chi connectivity index (χ4v) is 4.54. The van der Waals surface area contributed by atoms with E-state index in [1.54, 1.807) is 30.3 Å². The maximum Gasteiger partial charge on any atom is 0.308 e. The largest absolute Gasteiger partial charge is 0.490 e. The molecule has 1 fully saturated rings. The van der Waals surface area contributed by atoms with Crippen LogP contribution >= 0.6 is 27.5 Å². The van der Waals surface area contributed by atoms with Gasteiger partial charge in [-0.25, -0.2) is 0 Å². The molecule has 0 radical (unpaired) electrons. The lowest BCUT2D eigenvalue weighted by Crippen LogP contribution is -2.32. The Morgan fingerprint density at radius 3 is 2.88 bits per heavy atom. The van der Waals surface area contributed by atoms with Crippen LogP contribution in [0.4, 0.5) is 0 Å². The molecule has 0 aliphatic carbocycles. The molecule has 9 heteroatoms. The van der Waals surface area contributed by atoms with E-state index >= 15 is 0 Å². The molecule has 2 aromatic carbocycles. The number of aliphatic carboxylic acids is 1. The van der Waals surface area contributed by atoms with Gasteiger partial charge in [0.25, 0.3) is 0 Å². The molecule has 1 aliphatic heterocycles. The number of fused-ring (bicyclic) bond motifs is 1. The number of rotatable bonds is 9. The van der Waals surface area contributed by atoms with Crippen LogP contribution in [0.15, 0.2) is 56.1 Å². The maximum atomic E-state index is 12.6. The summed E-state index contributed by atoms with van der Waals surface area (Å²) >= 11 is 9.68. The molecule has 0 spiro atoms. The number of hydrogen-bond donors (Lipinski definition) is 2. The van der Waals surface area contributed by atoms with Gasteiger partial charge in [-0.15, -0.1) is 0 Å². The summed E-state index contributed by atoms with van der Waals surface area (Å²) < 4.78 is 18.4. The lowest BCUT2D eigenvalue weighted by molar-refractivity contribution is -0.142. The Hall–Kier alpha value is -2.39. The Kier molecular flexibility index (Phi) is 7.70. The van der Waals surface area contributed by atoms with Gasteiger partial charge in [0.05, 0.1) is 28.5 Å². The van der Waals surface area contributed by atoms with Gasteiger partial charge in [0.2, 0.25) is 0 Å². The number of carbonyl (C=O) groups is 1. The van der Waals surface area contributed by atoms with Crippen LogP contribution in [0.2, 0.25) is 5.02 Å². The molecule has 3 aromatic rings. The van der Waals surface area contributed by atoms with Gasteiger partial charge in [0, 0.05) is 23.2 Å². The van der Waals surface area contributed by atoms with E-state index in [0.717, 1.165) is 4.47 Å². The Morgan fingerprint density at radius 1 is 1.21 bits per heavy atom. The van der Waals surface area contributed by atoms with Crippen molar-refractivity contribution in [2.24, 2.45) is 5.92 Å². The van der Waals surface area contributed by atoms with Crippen molar-refractivity contribution in [2.75, 3.05) is 26.4 Å². The SMILES string of the molecule is O=C(O)C1CCNC1CCOCCOc1cc(Br)ccc1-c1cc(=O)c2cccc(Cl)c2o1. The summed E-state index contributed by atoms with van der Waals surface area (Å²) in [5.74, 6) is -0.238. The minimum atomic E-state index is -0.767. The quantitative estimate of drug-likeness (QED) is 0.382. The highest BCUT2D eigenvalue weighted by Gasteiger charge is 2.32.